The molecule has 1 fully saturated rings. The van der Waals surface area contributed by atoms with Crippen molar-refractivity contribution in [3.63, 3.8) is 0 Å². The van der Waals surface area contributed by atoms with Crippen molar-refractivity contribution in [2.75, 3.05) is 13.1 Å². The number of amides is 1. The van der Waals surface area contributed by atoms with Gasteiger partial charge >= 0.3 is 0 Å². The molecule has 26 heavy (non-hydrogen) atoms. The molecule has 0 atom stereocenters. The van der Waals surface area contributed by atoms with Gasteiger partial charge in [0.15, 0.2) is 0 Å². The molecule has 1 saturated heterocycles. The molecule has 1 aliphatic rings. The third-order valence-corrected chi connectivity index (χ3v) is 6.45. The standard InChI is InChI=1S/C21H25ClN2OS/c1-15-7-4-10-18(19(15)22)26-13-16-8-5-9-17(23-16)20(25)24-12-6-11-21(2,3)14-24/h4-5,7-10H,6,11-14H2,1-3H3. The van der Waals surface area contributed by atoms with Gasteiger partial charge in [-0.25, -0.2) is 4.98 Å². The zero-order valence-corrected chi connectivity index (χ0v) is 17.2. The van der Waals surface area contributed by atoms with Gasteiger partial charge in [-0.2, -0.15) is 0 Å². The summed E-state index contributed by atoms with van der Waals surface area (Å²) >= 11 is 8.02. The van der Waals surface area contributed by atoms with Gasteiger partial charge in [0.2, 0.25) is 0 Å². The second kappa shape index (κ2) is 8.01. The lowest BCUT2D eigenvalue weighted by molar-refractivity contribution is 0.0577. The number of hydrogen-bond donors (Lipinski definition) is 0. The molecular formula is C21H25ClN2OS. The number of aryl methyl sites for hydroxylation is 1. The fourth-order valence-corrected chi connectivity index (χ4v) is 4.54. The van der Waals surface area contributed by atoms with Gasteiger partial charge in [0, 0.05) is 23.7 Å². The molecule has 0 bridgehead atoms. The maximum Gasteiger partial charge on any atom is 0.272 e. The summed E-state index contributed by atoms with van der Waals surface area (Å²) in [6.07, 6.45) is 2.22. The SMILES string of the molecule is Cc1cccc(SCc2cccc(C(=O)N3CCCC(C)(C)C3)n2)c1Cl. The normalized spacial score (nSPS) is 16.5. The van der Waals surface area contributed by atoms with Crippen LogP contribution in [0.1, 0.15) is 48.4 Å². The van der Waals surface area contributed by atoms with E-state index >= 15 is 0 Å². The summed E-state index contributed by atoms with van der Waals surface area (Å²) in [5.74, 6) is 0.730. The average molecular weight is 389 g/mol. The highest BCUT2D eigenvalue weighted by Crippen LogP contribution is 2.32. The maximum absolute atomic E-state index is 12.8. The van der Waals surface area contributed by atoms with Gasteiger partial charge < -0.3 is 4.90 Å². The minimum atomic E-state index is 0.0400. The first kappa shape index (κ1) is 19.2. The van der Waals surface area contributed by atoms with Crippen LogP contribution in [-0.2, 0) is 5.75 Å². The Morgan fingerprint density at radius 2 is 2.04 bits per heavy atom. The molecule has 0 spiro atoms. The summed E-state index contributed by atoms with van der Waals surface area (Å²) in [6, 6.07) is 11.7. The molecule has 1 aliphatic heterocycles. The molecule has 2 heterocycles. The van der Waals surface area contributed by atoms with Crippen LogP contribution < -0.4 is 0 Å². The van der Waals surface area contributed by atoms with Crippen LogP contribution in [0.2, 0.25) is 5.02 Å². The van der Waals surface area contributed by atoms with Gasteiger partial charge in [0.1, 0.15) is 5.69 Å². The van der Waals surface area contributed by atoms with Crippen LogP contribution in [0.25, 0.3) is 0 Å². The number of benzene rings is 1. The van der Waals surface area contributed by atoms with Gasteiger partial charge in [0.05, 0.1) is 10.7 Å². The number of carbonyl (C=O) groups excluding carboxylic acids is 1. The Morgan fingerprint density at radius 3 is 2.81 bits per heavy atom. The van der Waals surface area contributed by atoms with Gasteiger partial charge in [-0.15, -0.1) is 11.8 Å². The molecule has 5 heteroatoms. The lowest BCUT2D eigenvalue weighted by Gasteiger charge is -2.37. The number of carbonyl (C=O) groups is 1. The number of likely N-dealkylation sites (tertiary alicyclic amines) is 1. The molecule has 0 saturated carbocycles. The second-order valence-electron chi connectivity index (χ2n) is 7.68. The largest absolute Gasteiger partial charge is 0.337 e. The van der Waals surface area contributed by atoms with E-state index in [4.69, 9.17) is 11.6 Å². The molecule has 1 amide bonds. The second-order valence-corrected chi connectivity index (χ2v) is 9.08. The third-order valence-electron chi connectivity index (χ3n) is 4.75. The predicted octanol–water partition coefficient (Wildman–Crippen LogP) is 5.60. The number of aromatic nitrogens is 1. The Morgan fingerprint density at radius 1 is 1.27 bits per heavy atom. The van der Waals surface area contributed by atoms with Crippen LogP contribution in [-0.4, -0.2) is 28.9 Å². The van der Waals surface area contributed by atoms with Crippen LogP contribution in [0.15, 0.2) is 41.3 Å². The molecule has 3 rings (SSSR count). The summed E-state index contributed by atoms with van der Waals surface area (Å²) in [6.45, 7) is 8.06. The Bertz CT molecular complexity index is 806. The molecule has 1 aromatic carbocycles. The van der Waals surface area contributed by atoms with Crippen LogP contribution in [0.3, 0.4) is 0 Å². The van der Waals surface area contributed by atoms with Crippen LogP contribution >= 0.6 is 23.4 Å². The smallest absolute Gasteiger partial charge is 0.272 e. The number of thioether (sulfide) groups is 1. The Labute approximate surface area is 165 Å². The number of rotatable bonds is 4. The Hall–Kier alpha value is -1.52. The fourth-order valence-electron chi connectivity index (χ4n) is 3.32. The molecule has 0 unspecified atom stereocenters. The van der Waals surface area contributed by atoms with Gasteiger partial charge in [-0.3, -0.25) is 4.79 Å². The van der Waals surface area contributed by atoms with E-state index in [1.54, 1.807) is 11.8 Å². The van der Waals surface area contributed by atoms with E-state index in [2.05, 4.69) is 18.8 Å². The lowest BCUT2D eigenvalue weighted by Crippen LogP contribution is -2.43. The molecule has 0 radical (unpaired) electrons. The van der Waals surface area contributed by atoms with Crippen LogP contribution in [0.4, 0.5) is 0 Å². The number of hydrogen-bond acceptors (Lipinski definition) is 3. The summed E-state index contributed by atoms with van der Waals surface area (Å²) in [5.41, 5.74) is 2.69. The number of piperidine rings is 1. The number of pyridine rings is 1. The fraction of sp³-hybridized carbons (Fsp3) is 0.429. The van der Waals surface area contributed by atoms with E-state index in [9.17, 15) is 4.79 Å². The predicted molar refractivity (Wildman–Crippen MR) is 109 cm³/mol. The van der Waals surface area contributed by atoms with E-state index < -0.39 is 0 Å². The van der Waals surface area contributed by atoms with E-state index in [0.717, 1.165) is 47.1 Å². The topological polar surface area (TPSA) is 33.2 Å². The highest BCUT2D eigenvalue weighted by molar-refractivity contribution is 7.98. The molecule has 0 N–H and O–H groups in total. The maximum atomic E-state index is 12.8. The number of nitrogens with zero attached hydrogens (tertiary/aromatic N) is 2. The molecule has 0 aliphatic carbocycles. The highest BCUT2D eigenvalue weighted by atomic mass is 35.5. The van der Waals surface area contributed by atoms with Crippen molar-refractivity contribution in [2.24, 2.45) is 5.41 Å². The quantitative estimate of drug-likeness (QED) is 0.639. The molecule has 138 valence electrons. The van der Waals surface area contributed by atoms with Crippen molar-refractivity contribution in [3.8, 4) is 0 Å². The van der Waals surface area contributed by atoms with E-state index in [0.29, 0.717) is 11.4 Å². The summed E-state index contributed by atoms with van der Waals surface area (Å²) in [4.78, 5) is 20.4. The summed E-state index contributed by atoms with van der Waals surface area (Å²) in [7, 11) is 0. The van der Waals surface area contributed by atoms with E-state index in [1.807, 2.05) is 48.2 Å². The molecule has 2 aromatic rings. The van der Waals surface area contributed by atoms with Crippen molar-refractivity contribution in [1.82, 2.24) is 9.88 Å². The minimum Gasteiger partial charge on any atom is -0.337 e. The first-order chi connectivity index (χ1) is 12.4. The first-order valence-electron chi connectivity index (χ1n) is 8.99. The summed E-state index contributed by atoms with van der Waals surface area (Å²) in [5, 5.41) is 0.792. The van der Waals surface area contributed by atoms with Crippen molar-refractivity contribution >= 4 is 29.3 Å². The minimum absolute atomic E-state index is 0.0400. The molecule has 1 aromatic heterocycles. The zero-order valence-electron chi connectivity index (χ0n) is 15.6. The van der Waals surface area contributed by atoms with Gasteiger partial charge in [-0.1, -0.05) is 43.6 Å². The van der Waals surface area contributed by atoms with Crippen molar-refractivity contribution in [2.45, 2.75) is 44.3 Å². The van der Waals surface area contributed by atoms with Crippen LogP contribution in [0, 0.1) is 12.3 Å². The monoisotopic (exact) mass is 388 g/mol. The Kier molecular flexibility index (Phi) is 5.93. The van der Waals surface area contributed by atoms with E-state index in [-0.39, 0.29) is 11.3 Å². The third kappa shape index (κ3) is 4.60. The molecular weight excluding hydrogens is 364 g/mol. The lowest BCUT2D eigenvalue weighted by atomic mass is 9.84. The van der Waals surface area contributed by atoms with Crippen LogP contribution in [0.5, 0.6) is 0 Å². The van der Waals surface area contributed by atoms with Crippen molar-refractivity contribution in [1.29, 1.82) is 0 Å². The van der Waals surface area contributed by atoms with Gasteiger partial charge in [-0.05, 0) is 48.9 Å². The summed E-state index contributed by atoms with van der Waals surface area (Å²) < 4.78 is 0. The van der Waals surface area contributed by atoms with Crippen molar-refractivity contribution in [3.05, 3.63) is 58.4 Å². The number of halogens is 1. The highest BCUT2D eigenvalue weighted by Gasteiger charge is 2.30. The van der Waals surface area contributed by atoms with E-state index in [1.165, 1.54) is 0 Å². The zero-order chi connectivity index (χ0) is 18.7. The van der Waals surface area contributed by atoms with Crippen molar-refractivity contribution < 1.29 is 4.79 Å². The Balaban J connectivity index is 1.70. The average Bonchev–Trinajstić information content (AvgIpc) is 2.62. The van der Waals surface area contributed by atoms with Gasteiger partial charge in [0.25, 0.3) is 5.91 Å². The molecule has 3 nitrogen and oxygen atoms in total. The first-order valence-corrected chi connectivity index (χ1v) is 10.4.